The highest BCUT2D eigenvalue weighted by atomic mass is 19.1. The Morgan fingerprint density at radius 3 is 2.50 bits per heavy atom. The fourth-order valence-electron chi connectivity index (χ4n) is 2.49. The normalized spacial score (nSPS) is 30.3. The number of aliphatic hydroxyl groups is 1. The largest absolute Gasteiger partial charge is 0.385 e. The standard InChI is InChI=1S/C13H18FNO/c1-15-10-6-8-13(16,9-7-10)11-4-2-3-5-12(11)14/h2-5,10,15-16H,6-9H2,1H3. The van der Waals surface area contributed by atoms with E-state index < -0.39 is 5.60 Å². The molecule has 1 aromatic rings. The molecule has 88 valence electrons. The molecule has 0 bridgehead atoms. The third-order valence-electron chi connectivity index (χ3n) is 3.60. The van der Waals surface area contributed by atoms with E-state index in [0.717, 1.165) is 12.8 Å². The van der Waals surface area contributed by atoms with Crippen molar-refractivity contribution in [2.75, 3.05) is 7.05 Å². The Hall–Kier alpha value is -0.930. The topological polar surface area (TPSA) is 32.3 Å². The Morgan fingerprint density at radius 1 is 1.31 bits per heavy atom. The maximum Gasteiger partial charge on any atom is 0.129 e. The van der Waals surface area contributed by atoms with Gasteiger partial charge in [-0.05, 0) is 38.8 Å². The lowest BCUT2D eigenvalue weighted by Crippen LogP contribution is -2.38. The lowest BCUT2D eigenvalue weighted by Gasteiger charge is -2.36. The lowest BCUT2D eigenvalue weighted by atomic mass is 9.77. The zero-order chi connectivity index (χ0) is 11.6. The van der Waals surface area contributed by atoms with E-state index >= 15 is 0 Å². The highest BCUT2D eigenvalue weighted by Crippen LogP contribution is 2.37. The predicted molar refractivity (Wildman–Crippen MR) is 61.6 cm³/mol. The average Bonchev–Trinajstić information content (AvgIpc) is 2.30. The van der Waals surface area contributed by atoms with Crippen molar-refractivity contribution in [1.82, 2.24) is 5.32 Å². The fraction of sp³-hybridized carbons (Fsp3) is 0.538. The summed E-state index contributed by atoms with van der Waals surface area (Å²) in [5, 5.41) is 13.7. The molecule has 0 saturated heterocycles. The van der Waals surface area contributed by atoms with Crippen molar-refractivity contribution in [3.63, 3.8) is 0 Å². The summed E-state index contributed by atoms with van der Waals surface area (Å²) in [7, 11) is 1.93. The van der Waals surface area contributed by atoms with Crippen LogP contribution in [-0.2, 0) is 5.60 Å². The van der Waals surface area contributed by atoms with Crippen molar-refractivity contribution in [2.24, 2.45) is 0 Å². The summed E-state index contributed by atoms with van der Waals surface area (Å²) in [6.45, 7) is 0. The van der Waals surface area contributed by atoms with Crippen molar-refractivity contribution < 1.29 is 9.50 Å². The van der Waals surface area contributed by atoms with Gasteiger partial charge in [0.2, 0.25) is 0 Å². The van der Waals surface area contributed by atoms with E-state index in [4.69, 9.17) is 0 Å². The number of hydrogen-bond donors (Lipinski definition) is 2. The monoisotopic (exact) mass is 223 g/mol. The van der Waals surface area contributed by atoms with Crippen molar-refractivity contribution in [3.05, 3.63) is 35.6 Å². The first-order valence-corrected chi connectivity index (χ1v) is 5.80. The zero-order valence-electron chi connectivity index (χ0n) is 9.54. The third-order valence-corrected chi connectivity index (χ3v) is 3.60. The molecule has 2 nitrogen and oxygen atoms in total. The first kappa shape index (κ1) is 11.6. The van der Waals surface area contributed by atoms with Gasteiger partial charge in [0, 0.05) is 11.6 Å². The Morgan fingerprint density at radius 2 is 1.94 bits per heavy atom. The molecule has 1 fully saturated rings. The van der Waals surface area contributed by atoms with Crippen LogP contribution >= 0.6 is 0 Å². The van der Waals surface area contributed by atoms with Gasteiger partial charge in [-0.3, -0.25) is 0 Å². The predicted octanol–water partition coefficient (Wildman–Crippen LogP) is 2.18. The molecule has 2 N–H and O–H groups in total. The quantitative estimate of drug-likeness (QED) is 0.805. The molecule has 1 aromatic carbocycles. The molecule has 16 heavy (non-hydrogen) atoms. The van der Waals surface area contributed by atoms with Gasteiger partial charge in [-0.25, -0.2) is 4.39 Å². The van der Waals surface area contributed by atoms with Crippen LogP contribution in [0.25, 0.3) is 0 Å². The average molecular weight is 223 g/mol. The smallest absolute Gasteiger partial charge is 0.129 e. The van der Waals surface area contributed by atoms with Crippen molar-refractivity contribution in [3.8, 4) is 0 Å². The summed E-state index contributed by atoms with van der Waals surface area (Å²) in [6, 6.07) is 6.99. The van der Waals surface area contributed by atoms with Crippen LogP contribution in [0.5, 0.6) is 0 Å². The van der Waals surface area contributed by atoms with Crippen LogP contribution in [0.4, 0.5) is 4.39 Å². The molecular formula is C13H18FNO. The Balaban J connectivity index is 2.18. The summed E-state index contributed by atoms with van der Waals surface area (Å²) in [4.78, 5) is 0. The van der Waals surface area contributed by atoms with Gasteiger partial charge in [0.1, 0.15) is 5.82 Å². The highest BCUT2D eigenvalue weighted by Gasteiger charge is 2.35. The first-order chi connectivity index (χ1) is 7.65. The van der Waals surface area contributed by atoms with E-state index in [1.54, 1.807) is 18.2 Å². The van der Waals surface area contributed by atoms with Gasteiger partial charge >= 0.3 is 0 Å². The van der Waals surface area contributed by atoms with E-state index in [-0.39, 0.29) is 5.82 Å². The molecular weight excluding hydrogens is 205 g/mol. The number of rotatable bonds is 2. The van der Waals surface area contributed by atoms with E-state index in [1.165, 1.54) is 6.07 Å². The second-order valence-electron chi connectivity index (χ2n) is 4.57. The van der Waals surface area contributed by atoms with Crippen molar-refractivity contribution >= 4 is 0 Å². The van der Waals surface area contributed by atoms with E-state index in [2.05, 4.69) is 5.32 Å². The van der Waals surface area contributed by atoms with Crippen LogP contribution < -0.4 is 5.32 Å². The van der Waals surface area contributed by atoms with E-state index in [1.807, 2.05) is 7.05 Å². The molecule has 0 heterocycles. The Kier molecular flexibility index (Phi) is 3.26. The van der Waals surface area contributed by atoms with Gasteiger partial charge in [0.25, 0.3) is 0 Å². The van der Waals surface area contributed by atoms with Gasteiger partial charge < -0.3 is 10.4 Å². The zero-order valence-corrected chi connectivity index (χ0v) is 9.54. The van der Waals surface area contributed by atoms with Crippen LogP contribution in [0.1, 0.15) is 31.2 Å². The number of benzene rings is 1. The molecule has 2 rings (SSSR count). The molecule has 0 amide bonds. The molecule has 1 aliphatic rings. The maximum atomic E-state index is 13.6. The van der Waals surface area contributed by atoms with Gasteiger partial charge in [0.05, 0.1) is 5.60 Å². The summed E-state index contributed by atoms with van der Waals surface area (Å²) >= 11 is 0. The van der Waals surface area contributed by atoms with Gasteiger partial charge in [-0.2, -0.15) is 0 Å². The van der Waals surface area contributed by atoms with E-state index in [9.17, 15) is 9.50 Å². The maximum absolute atomic E-state index is 13.6. The van der Waals surface area contributed by atoms with Gasteiger partial charge in [-0.15, -0.1) is 0 Å². The summed E-state index contributed by atoms with van der Waals surface area (Å²) in [6.07, 6.45) is 3.03. The van der Waals surface area contributed by atoms with Crippen LogP contribution in [0.3, 0.4) is 0 Å². The third kappa shape index (κ3) is 2.11. The molecule has 1 aliphatic carbocycles. The number of nitrogens with one attached hydrogen (secondary N) is 1. The summed E-state index contributed by atoms with van der Waals surface area (Å²) < 4.78 is 13.6. The molecule has 0 aromatic heterocycles. The Labute approximate surface area is 95.5 Å². The molecule has 0 unspecified atom stereocenters. The van der Waals surface area contributed by atoms with Gasteiger partial charge in [0.15, 0.2) is 0 Å². The first-order valence-electron chi connectivity index (χ1n) is 5.80. The van der Waals surface area contributed by atoms with Crippen LogP contribution in [0.2, 0.25) is 0 Å². The minimum Gasteiger partial charge on any atom is -0.385 e. The summed E-state index contributed by atoms with van der Waals surface area (Å²) in [5.74, 6) is -0.298. The highest BCUT2D eigenvalue weighted by molar-refractivity contribution is 5.25. The van der Waals surface area contributed by atoms with E-state index in [0.29, 0.717) is 24.4 Å². The van der Waals surface area contributed by atoms with Gasteiger partial charge in [-0.1, -0.05) is 18.2 Å². The molecule has 0 spiro atoms. The number of hydrogen-bond acceptors (Lipinski definition) is 2. The second kappa shape index (κ2) is 4.52. The van der Waals surface area contributed by atoms with Crippen molar-refractivity contribution in [1.29, 1.82) is 0 Å². The molecule has 0 radical (unpaired) electrons. The second-order valence-corrected chi connectivity index (χ2v) is 4.57. The van der Waals surface area contributed by atoms with Crippen LogP contribution in [0, 0.1) is 5.82 Å². The Bertz CT molecular complexity index is 359. The molecule has 1 saturated carbocycles. The van der Waals surface area contributed by atoms with Crippen LogP contribution in [0.15, 0.2) is 24.3 Å². The SMILES string of the molecule is CNC1CCC(O)(c2ccccc2F)CC1. The molecule has 0 aliphatic heterocycles. The minimum absolute atomic E-state index is 0.298. The number of halogens is 1. The van der Waals surface area contributed by atoms with Crippen LogP contribution in [-0.4, -0.2) is 18.2 Å². The molecule has 0 atom stereocenters. The minimum atomic E-state index is -0.974. The van der Waals surface area contributed by atoms with Crippen molar-refractivity contribution in [2.45, 2.75) is 37.3 Å². The molecule has 3 heteroatoms. The lowest BCUT2D eigenvalue weighted by molar-refractivity contribution is -0.0106. The fourth-order valence-corrected chi connectivity index (χ4v) is 2.49. The summed E-state index contributed by atoms with van der Waals surface area (Å²) in [5.41, 5.74) is -0.525.